The van der Waals surface area contributed by atoms with Crippen LogP contribution in [0.3, 0.4) is 0 Å². The van der Waals surface area contributed by atoms with Crippen LogP contribution in [0.5, 0.6) is 11.5 Å². The first-order valence-corrected chi connectivity index (χ1v) is 13.6. The van der Waals surface area contributed by atoms with Crippen molar-refractivity contribution >= 4 is 46.4 Å². The third-order valence-electron chi connectivity index (χ3n) is 6.58. The van der Waals surface area contributed by atoms with Crippen molar-refractivity contribution in [2.24, 2.45) is 5.73 Å². The van der Waals surface area contributed by atoms with Crippen molar-refractivity contribution in [1.29, 1.82) is 5.26 Å². The quantitative estimate of drug-likeness (QED) is 0.307. The summed E-state index contributed by atoms with van der Waals surface area (Å²) in [5.41, 5.74) is 8.49. The maximum absolute atomic E-state index is 10.1. The van der Waals surface area contributed by atoms with Crippen LogP contribution in [0, 0.1) is 11.3 Å². The number of piperidine rings is 1. The van der Waals surface area contributed by atoms with Gasteiger partial charge in [0.05, 0.1) is 47.3 Å². The molecule has 40 heavy (non-hydrogen) atoms. The Morgan fingerprint density at radius 1 is 1.25 bits per heavy atom. The predicted octanol–water partition coefficient (Wildman–Crippen LogP) is 5.04. The number of hydrogen-bond acceptors (Lipinski definition) is 8. The standard InChI is InChI=1S/C29H33ClN4O3.CH3NO/c1-4-25-23(18-31)29(32-20-8-9-27(36-3)24(30)16-20)22-15-19(28(37-5-2)17-26(22)33-25)7-6-12-34-13-10-21(35)11-14-34;2-1-3/h6-9,15-17,21,35H,4-5,10-14H2,1-3H3,(H,32,33);1H,(H2,2,3)/b7-6+;. The molecule has 0 unspecified atom stereocenters. The second-order valence-electron chi connectivity index (χ2n) is 9.16. The van der Waals surface area contributed by atoms with E-state index in [0.29, 0.717) is 35.1 Å². The average Bonchev–Trinajstić information content (AvgIpc) is 2.95. The molecule has 2 heterocycles. The maximum Gasteiger partial charge on any atom is 0.204 e. The molecule has 4 N–H and O–H groups in total. The fraction of sp³-hybridized carbons (Fsp3) is 0.367. The number of likely N-dealkylation sites (tertiary alicyclic amines) is 1. The number of fused-ring (bicyclic) bond motifs is 1. The van der Waals surface area contributed by atoms with Crippen LogP contribution in [0.15, 0.2) is 36.4 Å². The maximum atomic E-state index is 10.1. The predicted molar refractivity (Wildman–Crippen MR) is 159 cm³/mol. The number of aromatic nitrogens is 1. The van der Waals surface area contributed by atoms with Crippen LogP contribution in [0.25, 0.3) is 17.0 Å². The number of rotatable bonds is 9. The molecule has 1 aliphatic rings. The number of methoxy groups -OCH3 is 1. The Labute approximate surface area is 240 Å². The number of ether oxygens (including phenoxy) is 2. The van der Waals surface area contributed by atoms with Gasteiger partial charge in [0.1, 0.15) is 17.6 Å². The van der Waals surface area contributed by atoms with Crippen molar-refractivity contribution in [3.8, 4) is 17.6 Å². The van der Waals surface area contributed by atoms with Crippen LogP contribution >= 0.6 is 11.6 Å². The molecule has 0 bridgehead atoms. The number of halogens is 1. The summed E-state index contributed by atoms with van der Waals surface area (Å²) in [5.74, 6) is 1.33. The molecule has 212 valence electrons. The first-order valence-electron chi connectivity index (χ1n) is 13.2. The highest BCUT2D eigenvalue weighted by Gasteiger charge is 2.18. The minimum Gasteiger partial charge on any atom is -0.495 e. The molecule has 10 heteroatoms. The van der Waals surface area contributed by atoms with Gasteiger partial charge in [0.25, 0.3) is 0 Å². The average molecular weight is 566 g/mol. The number of carbonyl (C=O) groups excluding carboxylic acids is 1. The molecule has 0 saturated carbocycles. The zero-order valence-corrected chi connectivity index (χ0v) is 23.9. The summed E-state index contributed by atoms with van der Waals surface area (Å²) < 4.78 is 11.3. The number of pyridine rings is 1. The SMILES string of the molecule is CCOc1cc2nc(CC)c(C#N)c(Nc3ccc(OC)c(Cl)c3)c2cc1/C=C/CN1CCC(O)CC1.NC=O. The van der Waals surface area contributed by atoms with Gasteiger partial charge >= 0.3 is 0 Å². The highest BCUT2D eigenvalue weighted by molar-refractivity contribution is 6.32. The Morgan fingerprint density at radius 2 is 1.98 bits per heavy atom. The lowest BCUT2D eigenvalue weighted by atomic mass is 10.0. The van der Waals surface area contributed by atoms with Crippen molar-refractivity contribution in [1.82, 2.24) is 9.88 Å². The Balaban J connectivity index is 0.00000141. The minimum atomic E-state index is -0.188. The van der Waals surface area contributed by atoms with Crippen LogP contribution < -0.4 is 20.5 Å². The summed E-state index contributed by atoms with van der Waals surface area (Å²) >= 11 is 6.37. The Kier molecular flexibility index (Phi) is 11.6. The van der Waals surface area contributed by atoms with Gasteiger partial charge in [0.15, 0.2) is 0 Å². The molecule has 9 nitrogen and oxygen atoms in total. The number of benzene rings is 2. The van der Waals surface area contributed by atoms with E-state index in [1.165, 1.54) is 0 Å². The number of aryl methyl sites for hydroxylation is 1. The number of nitrogens with two attached hydrogens (primary N) is 1. The number of nitrogens with one attached hydrogen (secondary N) is 1. The van der Waals surface area contributed by atoms with Gasteiger partial charge < -0.3 is 25.6 Å². The highest BCUT2D eigenvalue weighted by Crippen LogP contribution is 2.37. The van der Waals surface area contributed by atoms with E-state index >= 15 is 0 Å². The van der Waals surface area contributed by atoms with Crippen LogP contribution in [-0.4, -0.2) is 60.9 Å². The molecule has 2 aromatic carbocycles. The van der Waals surface area contributed by atoms with Crippen molar-refractivity contribution in [2.45, 2.75) is 39.2 Å². The van der Waals surface area contributed by atoms with Crippen LogP contribution in [0.1, 0.15) is 43.5 Å². The lowest BCUT2D eigenvalue weighted by Crippen LogP contribution is -2.35. The number of aliphatic hydroxyl groups is 1. The van der Waals surface area contributed by atoms with Gasteiger partial charge in [-0.05, 0) is 50.5 Å². The number of primary amides is 1. The molecule has 0 aliphatic carbocycles. The van der Waals surface area contributed by atoms with E-state index in [1.807, 2.05) is 32.0 Å². The largest absolute Gasteiger partial charge is 0.495 e. The van der Waals surface area contributed by atoms with Crippen LogP contribution in [0.2, 0.25) is 5.02 Å². The zero-order chi connectivity index (χ0) is 29.1. The Bertz CT molecular complexity index is 1380. The number of nitrogens with zero attached hydrogens (tertiary/aromatic N) is 3. The van der Waals surface area contributed by atoms with E-state index in [0.717, 1.165) is 66.1 Å². The first-order chi connectivity index (χ1) is 19.4. The van der Waals surface area contributed by atoms with Crippen molar-refractivity contribution in [3.05, 3.63) is 58.3 Å². The van der Waals surface area contributed by atoms with E-state index in [4.69, 9.17) is 30.9 Å². The molecule has 0 radical (unpaired) electrons. The molecule has 1 amide bonds. The summed E-state index contributed by atoms with van der Waals surface area (Å²) in [7, 11) is 1.58. The molecular formula is C30H36ClN5O4. The third-order valence-corrected chi connectivity index (χ3v) is 6.87. The van der Waals surface area contributed by atoms with E-state index in [-0.39, 0.29) is 12.5 Å². The van der Waals surface area contributed by atoms with E-state index in [1.54, 1.807) is 19.2 Å². The fourth-order valence-electron chi connectivity index (χ4n) is 4.59. The molecule has 0 atom stereocenters. The van der Waals surface area contributed by atoms with Gasteiger partial charge in [-0.15, -0.1) is 0 Å². The Morgan fingerprint density at radius 3 is 2.58 bits per heavy atom. The van der Waals surface area contributed by atoms with Gasteiger partial charge in [-0.2, -0.15) is 5.26 Å². The van der Waals surface area contributed by atoms with Crippen LogP contribution in [-0.2, 0) is 11.2 Å². The number of aliphatic hydroxyl groups excluding tert-OH is 1. The normalized spacial score (nSPS) is 13.9. The third kappa shape index (κ3) is 7.63. The van der Waals surface area contributed by atoms with Gasteiger partial charge in [-0.25, -0.2) is 0 Å². The second kappa shape index (κ2) is 15.1. The number of nitriles is 1. The van der Waals surface area contributed by atoms with Gasteiger partial charge in [-0.1, -0.05) is 30.7 Å². The van der Waals surface area contributed by atoms with Gasteiger partial charge in [-0.3, -0.25) is 14.7 Å². The summed E-state index contributed by atoms with van der Waals surface area (Å²) in [4.78, 5) is 15.7. The summed E-state index contributed by atoms with van der Waals surface area (Å²) in [5, 5.41) is 24.6. The molecule has 1 fully saturated rings. The smallest absolute Gasteiger partial charge is 0.204 e. The number of anilines is 2. The van der Waals surface area contributed by atoms with Crippen molar-refractivity contribution < 1.29 is 19.4 Å². The molecule has 1 aromatic heterocycles. The summed E-state index contributed by atoms with van der Waals surface area (Å²) in [6, 6.07) is 11.8. The molecule has 3 aromatic rings. The summed E-state index contributed by atoms with van der Waals surface area (Å²) in [6.45, 7) is 7.04. The number of carbonyl (C=O) groups is 1. The Hall–Kier alpha value is -3.84. The lowest BCUT2D eigenvalue weighted by Gasteiger charge is -2.28. The van der Waals surface area contributed by atoms with Crippen LogP contribution in [0.4, 0.5) is 11.4 Å². The molecule has 0 spiro atoms. The topological polar surface area (TPSA) is 134 Å². The first kappa shape index (κ1) is 30.7. The minimum absolute atomic E-state index is 0.188. The summed E-state index contributed by atoms with van der Waals surface area (Å²) in [6.07, 6.45) is 6.47. The lowest BCUT2D eigenvalue weighted by molar-refractivity contribution is -0.106. The number of hydrogen-bond donors (Lipinski definition) is 3. The molecular weight excluding hydrogens is 530 g/mol. The zero-order valence-electron chi connectivity index (χ0n) is 23.1. The van der Waals surface area contributed by atoms with E-state index in [2.05, 4.69) is 34.2 Å². The van der Waals surface area contributed by atoms with Crippen molar-refractivity contribution in [3.63, 3.8) is 0 Å². The second-order valence-corrected chi connectivity index (χ2v) is 9.57. The fourth-order valence-corrected chi connectivity index (χ4v) is 4.85. The number of amides is 1. The van der Waals surface area contributed by atoms with Gasteiger partial charge in [0, 0.05) is 42.3 Å². The monoisotopic (exact) mass is 565 g/mol. The van der Waals surface area contributed by atoms with E-state index in [9.17, 15) is 10.4 Å². The molecule has 1 saturated heterocycles. The molecule has 1 aliphatic heterocycles. The highest BCUT2D eigenvalue weighted by atomic mass is 35.5. The van der Waals surface area contributed by atoms with Gasteiger partial charge in [0.2, 0.25) is 6.41 Å². The molecule has 4 rings (SSSR count). The van der Waals surface area contributed by atoms with E-state index < -0.39 is 0 Å². The van der Waals surface area contributed by atoms with Crippen molar-refractivity contribution in [2.75, 3.05) is 38.7 Å².